The van der Waals surface area contributed by atoms with E-state index in [0.717, 1.165) is 19.4 Å². The van der Waals surface area contributed by atoms with Crippen LogP contribution in [-0.4, -0.2) is 106 Å². The van der Waals surface area contributed by atoms with Gasteiger partial charge in [0.15, 0.2) is 6.29 Å². The minimum atomic E-state index is -1.77. The summed E-state index contributed by atoms with van der Waals surface area (Å²) >= 11 is 0. The number of methoxy groups -OCH3 is 1. The second-order valence-corrected chi connectivity index (χ2v) is 10.5. The molecule has 4 rings (SSSR count). The molecular weight excluding hydrogens is 560 g/mol. The van der Waals surface area contributed by atoms with Crippen LogP contribution in [0.5, 0.6) is 5.75 Å². The summed E-state index contributed by atoms with van der Waals surface area (Å²) in [5.74, 6) is -4.23. The predicted molar refractivity (Wildman–Crippen MR) is 139 cm³/mol. The van der Waals surface area contributed by atoms with E-state index < -0.39 is 85.1 Å². The van der Waals surface area contributed by atoms with Gasteiger partial charge in [0, 0.05) is 25.3 Å². The molecule has 0 spiro atoms. The summed E-state index contributed by atoms with van der Waals surface area (Å²) < 4.78 is 33.4. The van der Waals surface area contributed by atoms with E-state index in [4.69, 9.17) is 28.4 Å². The highest BCUT2D eigenvalue weighted by molar-refractivity contribution is 5.90. The van der Waals surface area contributed by atoms with Gasteiger partial charge < -0.3 is 54.0 Å². The van der Waals surface area contributed by atoms with Crippen molar-refractivity contribution in [3.05, 3.63) is 47.7 Å². The molecule has 3 aliphatic rings. The van der Waals surface area contributed by atoms with Crippen LogP contribution in [0.2, 0.25) is 0 Å². The first-order chi connectivity index (χ1) is 19.9. The van der Waals surface area contributed by atoms with Crippen LogP contribution in [0.3, 0.4) is 0 Å². The van der Waals surface area contributed by atoms with Gasteiger partial charge in [-0.2, -0.15) is 0 Å². The summed E-state index contributed by atoms with van der Waals surface area (Å²) in [7, 11) is 1.15. The Morgan fingerprint density at radius 2 is 1.76 bits per heavy atom. The molecule has 1 aliphatic carbocycles. The number of hydrogen-bond acceptors (Lipinski definition) is 14. The Hall–Kier alpha value is -3.53. The predicted octanol–water partition coefficient (Wildman–Crippen LogP) is -0.495. The van der Waals surface area contributed by atoms with Gasteiger partial charge in [0.05, 0.1) is 31.5 Å². The van der Waals surface area contributed by atoms with Crippen molar-refractivity contribution in [2.24, 2.45) is 11.8 Å². The van der Waals surface area contributed by atoms with Gasteiger partial charge in [-0.15, -0.1) is 0 Å². The number of aromatic hydroxyl groups is 1. The minimum absolute atomic E-state index is 0.0349. The van der Waals surface area contributed by atoms with E-state index in [9.17, 15) is 39.9 Å². The number of carbonyl (C=O) groups is 3. The number of phenolic OH excluding ortho intramolecular Hbond substituents is 1. The Bertz CT molecular complexity index is 1210. The van der Waals surface area contributed by atoms with Gasteiger partial charge in [0.25, 0.3) is 0 Å². The molecule has 10 atom stereocenters. The second kappa shape index (κ2) is 12.8. The zero-order chi connectivity index (χ0) is 30.8. The summed E-state index contributed by atoms with van der Waals surface area (Å²) in [5, 5.41) is 49.8. The summed E-state index contributed by atoms with van der Waals surface area (Å²) in [5.41, 5.74) is -0.880. The Morgan fingerprint density at radius 1 is 1.07 bits per heavy atom. The van der Waals surface area contributed by atoms with Crippen molar-refractivity contribution in [2.75, 3.05) is 13.7 Å². The first-order valence-corrected chi connectivity index (χ1v) is 13.2. The number of phenols is 1. The van der Waals surface area contributed by atoms with Gasteiger partial charge in [-0.1, -0.05) is 12.1 Å². The Balaban J connectivity index is 1.65. The zero-order valence-electron chi connectivity index (χ0n) is 23.1. The van der Waals surface area contributed by atoms with E-state index in [1.807, 2.05) is 0 Å². The number of aliphatic hydroxyl groups is 4. The van der Waals surface area contributed by atoms with Gasteiger partial charge in [-0.3, -0.25) is 4.79 Å². The maximum atomic E-state index is 12.9. The average Bonchev–Trinajstić information content (AvgIpc) is 3.23. The first kappa shape index (κ1) is 31.4. The second-order valence-electron chi connectivity index (χ2n) is 10.5. The molecule has 0 amide bonds. The van der Waals surface area contributed by atoms with Crippen LogP contribution in [-0.2, 0) is 42.8 Å². The van der Waals surface area contributed by atoms with E-state index in [-0.39, 0.29) is 17.7 Å². The SMILES string of the molecule is COC(=O)C1=CO[C@@H](O[C@@H]2O[C@H](CO)[C@@H](O)[C@H](O)[C@H]2O)[C@H]2[C@@H]1[C@H](OC(=O)/C=C/c1ccc(O)cc1)C[C@]2(C)OC(C)=O. The highest BCUT2D eigenvalue weighted by Gasteiger charge is 2.63. The molecule has 1 aromatic rings. The number of fused-ring (bicyclic) bond motifs is 1. The van der Waals surface area contributed by atoms with Gasteiger partial charge in [-0.05, 0) is 30.7 Å². The fourth-order valence-corrected chi connectivity index (χ4v) is 5.65. The number of esters is 3. The van der Waals surface area contributed by atoms with Crippen LogP contribution in [0.1, 0.15) is 25.8 Å². The van der Waals surface area contributed by atoms with Gasteiger partial charge >= 0.3 is 17.9 Å². The highest BCUT2D eigenvalue weighted by Crippen LogP contribution is 2.52. The molecule has 0 unspecified atom stereocenters. The molecule has 2 heterocycles. The summed E-state index contributed by atoms with van der Waals surface area (Å²) in [4.78, 5) is 37.8. The summed E-state index contributed by atoms with van der Waals surface area (Å²) in [6.45, 7) is 2.02. The Kier molecular flexibility index (Phi) is 9.55. The third-order valence-electron chi connectivity index (χ3n) is 7.57. The summed E-state index contributed by atoms with van der Waals surface area (Å²) in [6, 6.07) is 6.06. The van der Waals surface area contributed by atoms with Crippen LogP contribution in [0.4, 0.5) is 0 Å². The maximum absolute atomic E-state index is 12.9. The van der Waals surface area contributed by atoms with Crippen LogP contribution in [0, 0.1) is 11.8 Å². The van der Waals surface area contributed by atoms with Gasteiger partial charge in [0.2, 0.25) is 6.29 Å². The molecule has 1 aromatic carbocycles. The van der Waals surface area contributed by atoms with E-state index in [2.05, 4.69) is 0 Å². The molecule has 5 N–H and O–H groups in total. The molecule has 1 saturated carbocycles. The molecule has 1 saturated heterocycles. The van der Waals surface area contributed by atoms with Crippen LogP contribution in [0.25, 0.3) is 6.08 Å². The van der Waals surface area contributed by atoms with Gasteiger partial charge in [-0.25, -0.2) is 9.59 Å². The molecule has 2 aliphatic heterocycles. The van der Waals surface area contributed by atoms with Crippen LogP contribution < -0.4 is 0 Å². The topological polar surface area (TPSA) is 208 Å². The van der Waals surface area contributed by atoms with Crippen molar-refractivity contribution in [1.82, 2.24) is 0 Å². The average molecular weight is 595 g/mol. The number of benzene rings is 1. The smallest absolute Gasteiger partial charge is 0.337 e. The van der Waals surface area contributed by atoms with Crippen LogP contribution >= 0.6 is 0 Å². The number of aliphatic hydroxyl groups excluding tert-OH is 4. The van der Waals surface area contributed by atoms with Crippen molar-refractivity contribution in [2.45, 2.75) is 69.0 Å². The Morgan fingerprint density at radius 3 is 2.38 bits per heavy atom. The zero-order valence-corrected chi connectivity index (χ0v) is 23.1. The lowest BCUT2D eigenvalue weighted by molar-refractivity contribution is -0.346. The minimum Gasteiger partial charge on any atom is -0.508 e. The molecule has 2 fully saturated rings. The Labute approximate surface area is 240 Å². The highest BCUT2D eigenvalue weighted by atomic mass is 16.8. The van der Waals surface area contributed by atoms with Gasteiger partial charge in [0.1, 0.15) is 41.9 Å². The lowest BCUT2D eigenvalue weighted by Crippen LogP contribution is -2.61. The van der Waals surface area contributed by atoms with Crippen molar-refractivity contribution >= 4 is 24.0 Å². The molecule has 0 aromatic heterocycles. The monoisotopic (exact) mass is 594 g/mol. The number of rotatable bonds is 8. The molecule has 14 heteroatoms. The lowest BCUT2D eigenvalue weighted by Gasteiger charge is -2.44. The normalized spacial score (nSPS) is 36.0. The fourth-order valence-electron chi connectivity index (χ4n) is 5.65. The van der Waals surface area contributed by atoms with E-state index in [0.29, 0.717) is 5.56 Å². The quantitative estimate of drug-likeness (QED) is 0.146. The fraction of sp³-hybridized carbons (Fsp3) is 0.536. The molecule has 0 radical (unpaired) electrons. The summed E-state index contributed by atoms with van der Waals surface area (Å²) in [6.07, 6.45) is -6.89. The lowest BCUT2D eigenvalue weighted by atomic mass is 9.80. The first-order valence-electron chi connectivity index (χ1n) is 13.2. The third kappa shape index (κ3) is 6.43. The van der Waals surface area contributed by atoms with E-state index in [1.54, 1.807) is 19.1 Å². The van der Waals surface area contributed by atoms with Crippen molar-refractivity contribution < 1.29 is 68.3 Å². The molecule has 0 bridgehead atoms. The molecular formula is C28H34O14. The van der Waals surface area contributed by atoms with E-state index >= 15 is 0 Å². The standard InChI is InChI=1S/C28H34O14/c1-13(30)42-28(2)10-17(39-19(32)9-6-14-4-7-15(31)8-5-14)20-16(25(36)37-3)12-38-26(21(20)28)41-27-24(35)23(34)22(33)18(11-29)40-27/h4-9,12,17-18,20-24,26-27,29,31,33-35H,10-11H2,1-3H3/b9-6+/t17-,18-,20+,21-,22-,23+,24-,26+,27+,28+/m1/s1. The molecule has 14 nitrogen and oxygen atoms in total. The number of carbonyl (C=O) groups excluding carboxylic acids is 3. The number of hydrogen-bond donors (Lipinski definition) is 5. The molecule has 42 heavy (non-hydrogen) atoms. The van der Waals surface area contributed by atoms with E-state index in [1.165, 1.54) is 25.1 Å². The number of ether oxygens (including phenoxy) is 6. The third-order valence-corrected chi connectivity index (χ3v) is 7.57. The van der Waals surface area contributed by atoms with Crippen molar-refractivity contribution in [3.8, 4) is 5.75 Å². The van der Waals surface area contributed by atoms with Crippen molar-refractivity contribution in [1.29, 1.82) is 0 Å². The van der Waals surface area contributed by atoms with Crippen LogP contribution in [0.15, 0.2) is 42.2 Å². The van der Waals surface area contributed by atoms with Crippen molar-refractivity contribution in [3.63, 3.8) is 0 Å². The molecule has 230 valence electrons. The maximum Gasteiger partial charge on any atom is 0.337 e. The largest absolute Gasteiger partial charge is 0.508 e.